The minimum Gasteiger partial charge on any atom is -0.350 e. The van der Waals surface area contributed by atoms with Crippen LogP contribution in [0.2, 0.25) is 0 Å². The number of amides is 1. The van der Waals surface area contributed by atoms with E-state index in [0.717, 1.165) is 0 Å². The average molecular weight is 323 g/mol. The Labute approximate surface area is 127 Å². The molecule has 0 aromatic heterocycles. The van der Waals surface area contributed by atoms with E-state index in [-0.39, 0.29) is 5.91 Å². The van der Waals surface area contributed by atoms with Crippen LogP contribution in [0.5, 0.6) is 0 Å². The highest BCUT2D eigenvalue weighted by atomic mass is 32.2. The molecule has 0 bridgehead atoms. The van der Waals surface area contributed by atoms with E-state index in [4.69, 9.17) is 16.0 Å². The van der Waals surface area contributed by atoms with Crippen molar-refractivity contribution in [1.82, 2.24) is 5.32 Å². The molecule has 6 N–H and O–H groups in total. The van der Waals surface area contributed by atoms with Crippen molar-refractivity contribution in [2.45, 2.75) is 64.6 Å². The van der Waals surface area contributed by atoms with Crippen LogP contribution in [0.4, 0.5) is 0 Å². The minimum atomic E-state index is -4.19. The van der Waals surface area contributed by atoms with Crippen LogP contribution in [0.15, 0.2) is 0 Å². The van der Waals surface area contributed by atoms with E-state index in [0.29, 0.717) is 6.42 Å². The molecule has 0 aliphatic carbocycles. The second kappa shape index (κ2) is 6.20. The molecule has 0 fully saturated rings. The van der Waals surface area contributed by atoms with Crippen molar-refractivity contribution in [2.75, 3.05) is 5.75 Å². The van der Waals surface area contributed by atoms with Crippen molar-refractivity contribution in [3.8, 4) is 0 Å². The van der Waals surface area contributed by atoms with Gasteiger partial charge in [0.05, 0.1) is 17.2 Å². The van der Waals surface area contributed by atoms with E-state index in [1.807, 2.05) is 0 Å². The van der Waals surface area contributed by atoms with E-state index >= 15 is 0 Å². The van der Waals surface area contributed by atoms with Crippen LogP contribution in [-0.4, -0.2) is 41.2 Å². The number of rotatable bonds is 7. The molecule has 0 radical (unpaired) electrons. The molecule has 0 heterocycles. The normalized spacial score (nSPS) is 15.7. The number of carbonyl (C=O) groups excluding carboxylic acids is 1. The second-order valence-corrected chi connectivity index (χ2v) is 9.12. The highest BCUT2D eigenvalue weighted by Crippen LogP contribution is 2.24. The first-order chi connectivity index (χ1) is 8.93. The summed E-state index contributed by atoms with van der Waals surface area (Å²) >= 11 is 0. The summed E-state index contributed by atoms with van der Waals surface area (Å²) in [5, 5.41) is 2.63. The molecule has 0 aromatic rings. The summed E-state index contributed by atoms with van der Waals surface area (Å²) in [5.74, 6) is -1.54. The van der Waals surface area contributed by atoms with Crippen molar-refractivity contribution in [1.29, 1.82) is 0 Å². The SMILES string of the molecule is CC(C)(N)CC(C(=O)NC(C)(C)CS(=O)(=O)O)C(C)(C)N. The Morgan fingerprint density at radius 1 is 1.14 bits per heavy atom. The van der Waals surface area contributed by atoms with Crippen LogP contribution in [0.1, 0.15) is 48.0 Å². The number of nitrogens with one attached hydrogen (secondary N) is 1. The Balaban J connectivity index is 5.16. The van der Waals surface area contributed by atoms with Crippen LogP contribution in [0.25, 0.3) is 0 Å². The van der Waals surface area contributed by atoms with Crippen molar-refractivity contribution >= 4 is 16.0 Å². The maximum absolute atomic E-state index is 12.4. The van der Waals surface area contributed by atoms with Gasteiger partial charge in [0.15, 0.2) is 0 Å². The topological polar surface area (TPSA) is 136 Å². The lowest BCUT2D eigenvalue weighted by molar-refractivity contribution is -0.129. The zero-order valence-corrected chi connectivity index (χ0v) is 14.5. The van der Waals surface area contributed by atoms with Crippen LogP contribution < -0.4 is 16.8 Å². The number of carbonyl (C=O) groups is 1. The average Bonchev–Trinajstić information content (AvgIpc) is 2.05. The van der Waals surface area contributed by atoms with E-state index in [1.54, 1.807) is 27.7 Å². The predicted molar refractivity (Wildman–Crippen MR) is 83.3 cm³/mol. The lowest BCUT2D eigenvalue weighted by Gasteiger charge is -2.36. The smallest absolute Gasteiger partial charge is 0.267 e. The molecular formula is C13H29N3O4S. The van der Waals surface area contributed by atoms with E-state index in [9.17, 15) is 13.2 Å². The molecule has 21 heavy (non-hydrogen) atoms. The summed E-state index contributed by atoms with van der Waals surface area (Å²) in [6.07, 6.45) is 0.351. The van der Waals surface area contributed by atoms with Crippen molar-refractivity contribution in [2.24, 2.45) is 17.4 Å². The van der Waals surface area contributed by atoms with Crippen molar-refractivity contribution < 1.29 is 17.8 Å². The summed E-state index contributed by atoms with van der Waals surface area (Å²) in [5.41, 5.74) is 9.51. The van der Waals surface area contributed by atoms with Gasteiger partial charge in [0.25, 0.3) is 10.1 Å². The van der Waals surface area contributed by atoms with Gasteiger partial charge in [-0.15, -0.1) is 0 Å². The molecule has 8 heteroatoms. The maximum atomic E-state index is 12.4. The zero-order valence-electron chi connectivity index (χ0n) is 13.7. The van der Waals surface area contributed by atoms with Gasteiger partial charge in [-0.25, -0.2) is 0 Å². The van der Waals surface area contributed by atoms with Gasteiger partial charge in [-0.2, -0.15) is 8.42 Å². The fraction of sp³-hybridized carbons (Fsp3) is 0.923. The Morgan fingerprint density at radius 3 is 1.86 bits per heavy atom. The molecule has 0 spiro atoms. The monoisotopic (exact) mass is 323 g/mol. The standard InChI is InChI=1S/C13H29N3O4S/c1-11(2,14)7-9(13(5,6)15)10(17)16-12(3,4)8-21(18,19)20/h9H,7-8,14-15H2,1-6H3,(H,16,17)(H,18,19,20). The Morgan fingerprint density at radius 2 is 1.57 bits per heavy atom. The third kappa shape index (κ3) is 9.02. The molecule has 0 aliphatic heterocycles. The molecule has 126 valence electrons. The molecule has 0 aromatic carbocycles. The van der Waals surface area contributed by atoms with Crippen LogP contribution in [0, 0.1) is 5.92 Å². The zero-order chi connectivity index (χ0) is 17.3. The Kier molecular flexibility index (Phi) is 5.99. The summed E-state index contributed by atoms with van der Waals surface area (Å²) in [4.78, 5) is 12.4. The fourth-order valence-electron chi connectivity index (χ4n) is 2.13. The predicted octanol–water partition coefficient (Wildman–Crippen LogP) is 0.250. The maximum Gasteiger partial charge on any atom is 0.267 e. The largest absolute Gasteiger partial charge is 0.350 e. The molecule has 7 nitrogen and oxygen atoms in total. The lowest BCUT2D eigenvalue weighted by Crippen LogP contribution is -2.57. The van der Waals surface area contributed by atoms with Gasteiger partial charge in [-0.1, -0.05) is 0 Å². The van der Waals surface area contributed by atoms with Gasteiger partial charge in [0.1, 0.15) is 0 Å². The quantitative estimate of drug-likeness (QED) is 0.496. The highest BCUT2D eigenvalue weighted by Gasteiger charge is 2.38. The molecule has 1 amide bonds. The summed E-state index contributed by atoms with van der Waals surface area (Å²) < 4.78 is 30.9. The van der Waals surface area contributed by atoms with Gasteiger partial charge in [0, 0.05) is 11.1 Å². The van der Waals surface area contributed by atoms with Crippen molar-refractivity contribution in [3.05, 3.63) is 0 Å². The van der Waals surface area contributed by atoms with Crippen molar-refractivity contribution in [3.63, 3.8) is 0 Å². The molecule has 0 rings (SSSR count). The van der Waals surface area contributed by atoms with Gasteiger partial charge < -0.3 is 16.8 Å². The van der Waals surface area contributed by atoms with E-state index in [1.165, 1.54) is 13.8 Å². The molecular weight excluding hydrogens is 294 g/mol. The summed E-state index contributed by atoms with van der Waals surface area (Å²) in [7, 11) is -4.19. The molecule has 0 saturated carbocycles. The third-order valence-corrected chi connectivity index (χ3v) is 4.04. The van der Waals surface area contributed by atoms with Gasteiger partial charge >= 0.3 is 0 Å². The number of hydrogen-bond acceptors (Lipinski definition) is 5. The van der Waals surface area contributed by atoms with Gasteiger partial charge in [0.2, 0.25) is 5.91 Å². The highest BCUT2D eigenvalue weighted by molar-refractivity contribution is 7.85. The van der Waals surface area contributed by atoms with Crippen LogP contribution >= 0.6 is 0 Å². The summed E-state index contributed by atoms with van der Waals surface area (Å²) in [6, 6.07) is 0. The first kappa shape index (κ1) is 20.3. The Hall–Kier alpha value is -0.700. The van der Waals surface area contributed by atoms with Gasteiger partial charge in [-0.05, 0) is 48.0 Å². The van der Waals surface area contributed by atoms with E-state index in [2.05, 4.69) is 5.32 Å². The molecule has 1 atom stereocenters. The number of nitrogens with two attached hydrogens (primary N) is 2. The Bertz CT molecular complexity index is 473. The second-order valence-electron chi connectivity index (χ2n) is 7.67. The summed E-state index contributed by atoms with van der Waals surface area (Å²) in [6.45, 7) is 10.1. The lowest BCUT2D eigenvalue weighted by atomic mass is 9.79. The number of hydrogen-bond donors (Lipinski definition) is 4. The first-order valence-corrected chi connectivity index (χ1v) is 8.39. The fourth-order valence-corrected chi connectivity index (χ4v) is 3.12. The molecule has 0 aliphatic rings. The minimum absolute atomic E-state index is 0.351. The molecule has 1 unspecified atom stereocenters. The van der Waals surface area contributed by atoms with Crippen LogP contribution in [-0.2, 0) is 14.9 Å². The third-order valence-electron chi connectivity index (χ3n) is 2.95. The van der Waals surface area contributed by atoms with Gasteiger partial charge in [-0.3, -0.25) is 9.35 Å². The molecule has 0 saturated heterocycles. The van der Waals surface area contributed by atoms with E-state index < -0.39 is 38.4 Å². The first-order valence-electron chi connectivity index (χ1n) is 6.78. The van der Waals surface area contributed by atoms with Crippen LogP contribution in [0.3, 0.4) is 0 Å².